The van der Waals surface area contributed by atoms with Gasteiger partial charge in [0.2, 0.25) is 5.91 Å². The maximum Gasteiger partial charge on any atom is 0.236 e. The molecule has 0 atom stereocenters. The molecule has 5 nitrogen and oxygen atoms in total. The van der Waals surface area contributed by atoms with Gasteiger partial charge in [0.1, 0.15) is 0 Å². The molecule has 2 aromatic carbocycles. The van der Waals surface area contributed by atoms with Crippen LogP contribution in [0.5, 0.6) is 0 Å². The van der Waals surface area contributed by atoms with E-state index in [9.17, 15) is 4.79 Å². The van der Waals surface area contributed by atoms with Crippen molar-refractivity contribution in [3.8, 4) is 11.1 Å². The van der Waals surface area contributed by atoms with Crippen molar-refractivity contribution in [2.24, 2.45) is 0 Å². The summed E-state index contributed by atoms with van der Waals surface area (Å²) in [4.78, 5) is 22.2. The van der Waals surface area contributed by atoms with Crippen molar-refractivity contribution in [1.29, 1.82) is 0 Å². The Balaban J connectivity index is 1.09. The number of carbonyl (C=O) groups excluding carboxylic acids is 1. The third-order valence-electron chi connectivity index (χ3n) is 7.47. The molecule has 5 rings (SSSR count). The van der Waals surface area contributed by atoms with Gasteiger partial charge in [-0.1, -0.05) is 47.8 Å². The first-order chi connectivity index (χ1) is 16.1. The topological polar surface area (TPSA) is 30.0 Å². The van der Waals surface area contributed by atoms with Crippen molar-refractivity contribution in [2.45, 2.75) is 25.3 Å². The van der Waals surface area contributed by atoms with Gasteiger partial charge in [-0.15, -0.1) is 0 Å². The lowest BCUT2D eigenvalue weighted by Gasteiger charge is -2.43. The van der Waals surface area contributed by atoms with Crippen molar-refractivity contribution in [3.63, 3.8) is 0 Å². The highest BCUT2D eigenvalue weighted by Gasteiger charge is 2.30. The maximum atomic E-state index is 12.8. The fourth-order valence-corrected chi connectivity index (χ4v) is 5.38. The fraction of sp³-hybridized carbons (Fsp3) is 0.500. The molecule has 2 saturated heterocycles. The first-order valence-electron chi connectivity index (χ1n) is 12.1. The molecule has 1 saturated carbocycles. The van der Waals surface area contributed by atoms with Gasteiger partial charge >= 0.3 is 0 Å². The lowest BCUT2D eigenvalue weighted by molar-refractivity contribution is -0.134. The van der Waals surface area contributed by atoms with Crippen LogP contribution in [-0.4, -0.2) is 85.6 Å². The van der Waals surface area contributed by atoms with E-state index in [4.69, 9.17) is 23.2 Å². The van der Waals surface area contributed by atoms with Gasteiger partial charge in [0, 0.05) is 64.1 Å². The lowest BCUT2D eigenvalue weighted by Crippen LogP contribution is -2.56. The highest BCUT2D eigenvalue weighted by Crippen LogP contribution is 2.30. The lowest BCUT2D eigenvalue weighted by atomic mass is 9.91. The minimum Gasteiger partial charge on any atom is -0.369 e. The molecular formula is C26H32Cl2N4O. The Morgan fingerprint density at radius 2 is 1.45 bits per heavy atom. The molecule has 0 N–H and O–H groups in total. The Bertz CT molecular complexity index is 963. The predicted octanol–water partition coefficient (Wildman–Crippen LogP) is 4.48. The zero-order valence-corrected chi connectivity index (χ0v) is 20.6. The van der Waals surface area contributed by atoms with Crippen LogP contribution >= 0.6 is 23.2 Å². The molecule has 7 heteroatoms. The highest BCUT2D eigenvalue weighted by atomic mass is 35.5. The SMILES string of the molecule is O=C(CN1CCN(c2ccc(-c3ccc(Cl)c(Cl)c3)cc2)CC1)N1CCN(C2CCC2)CC1. The Hall–Kier alpha value is -1.79. The summed E-state index contributed by atoms with van der Waals surface area (Å²) in [6.45, 7) is 8.13. The van der Waals surface area contributed by atoms with Crippen molar-refractivity contribution in [2.75, 3.05) is 63.8 Å². The molecule has 1 amide bonds. The summed E-state index contributed by atoms with van der Waals surface area (Å²) in [5.41, 5.74) is 3.41. The summed E-state index contributed by atoms with van der Waals surface area (Å²) >= 11 is 12.2. The molecule has 3 aliphatic rings. The van der Waals surface area contributed by atoms with Crippen molar-refractivity contribution in [3.05, 3.63) is 52.5 Å². The van der Waals surface area contributed by atoms with Crippen LogP contribution in [0.3, 0.4) is 0 Å². The fourth-order valence-electron chi connectivity index (χ4n) is 5.08. The predicted molar refractivity (Wildman–Crippen MR) is 136 cm³/mol. The van der Waals surface area contributed by atoms with Crippen LogP contribution in [0.25, 0.3) is 11.1 Å². The van der Waals surface area contributed by atoms with Crippen LogP contribution in [0.4, 0.5) is 5.69 Å². The number of anilines is 1. The third-order valence-corrected chi connectivity index (χ3v) is 8.21. The number of rotatable bonds is 5. The van der Waals surface area contributed by atoms with Crippen molar-refractivity contribution >= 4 is 34.8 Å². The number of piperazine rings is 2. The molecule has 0 aromatic heterocycles. The van der Waals surface area contributed by atoms with Crippen LogP contribution in [0, 0.1) is 0 Å². The molecule has 3 fully saturated rings. The molecule has 0 spiro atoms. The number of benzene rings is 2. The van der Waals surface area contributed by atoms with E-state index in [2.05, 4.69) is 43.9 Å². The molecule has 176 valence electrons. The van der Waals surface area contributed by atoms with Gasteiger partial charge < -0.3 is 9.80 Å². The van der Waals surface area contributed by atoms with Gasteiger partial charge in [0.25, 0.3) is 0 Å². The van der Waals surface area contributed by atoms with E-state index in [0.29, 0.717) is 22.5 Å². The standard InChI is InChI=1S/C26H32Cl2N4O/c27-24-9-6-21(18-25(24)28)20-4-7-23(8-5-20)30-12-10-29(11-13-30)19-26(33)32-16-14-31(15-17-32)22-2-1-3-22/h4-9,18,22H,1-3,10-17,19H2. The summed E-state index contributed by atoms with van der Waals surface area (Å²) in [6, 6.07) is 15.1. The van der Waals surface area contributed by atoms with Gasteiger partial charge in [0.15, 0.2) is 0 Å². The van der Waals surface area contributed by atoms with E-state index in [1.54, 1.807) is 0 Å². The highest BCUT2D eigenvalue weighted by molar-refractivity contribution is 6.42. The first-order valence-corrected chi connectivity index (χ1v) is 12.9. The van der Waals surface area contributed by atoms with E-state index < -0.39 is 0 Å². The molecule has 0 radical (unpaired) electrons. The minimum atomic E-state index is 0.294. The first kappa shape index (κ1) is 23.0. The number of carbonyl (C=O) groups is 1. The van der Waals surface area contributed by atoms with E-state index in [1.165, 1.54) is 24.9 Å². The minimum absolute atomic E-state index is 0.294. The second kappa shape index (κ2) is 10.2. The molecule has 33 heavy (non-hydrogen) atoms. The molecule has 2 aromatic rings. The van der Waals surface area contributed by atoms with Gasteiger partial charge in [-0.2, -0.15) is 0 Å². The molecular weight excluding hydrogens is 455 g/mol. The summed E-state index contributed by atoms with van der Waals surface area (Å²) < 4.78 is 0. The average molecular weight is 487 g/mol. The number of hydrogen-bond acceptors (Lipinski definition) is 4. The van der Waals surface area contributed by atoms with Gasteiger partial charge in [0.05, 0.1) is 16.6 Å². The summed E-state index contributed by atoms with van der Waals surface area (Å²) in [7, 11) is 0. The Kier molecular flexibility index (Phi) is 7.12. The molecule has 0 unspecified atom stereocenters. The average Bonchev–Trinajstić information content (AvgIpc) is 2.81. The Morgan fingerprint density at radius 1 is 0.788 bits per heavy atom. The maximum absolute atomic E-state index is 12.8. The zero-order chi connectivity index (χ0) is 22.8. The normalized spacial score (nSPS) is 20.7. The van der Waals surface area contributed by atoms with Crippen LogP contribution in [0.1, 0.15) is 19.3 Å². The summed E-state index contributed by atoms with van der Waals surface area (Å²) in [6.07, 6.45) is 4.06. The van der Waals surface area contributed by atoms with Gasteiger partial charge in [-0.25, -0.2) is 0 Å². The Labute approximate surface area is 206 Å². The smallest absolute Gasteiger partial charge is 0.236 e. The molecule has 0 bridgehead atoms. The molecule has 1 aliphatic carbocycles. The van der Waals surface area contributed by atoms with Crippen LogP contribution in [-0.2, 0) is 4.79 Å². The van der Waals surface area contributed by atoms with E-state index in [0.717, 1.165) is 69.5 Å². The van der Waals surface area contributed by atoms with E-state index >= 15 is 0 Å². The van der Waals surface area contributed by atoms with E-state index in [1.807, 2.05) is 18.2 Å². The number of amides is 1. The second-order valence-corrected chi connectivity index (χ2v) is 10.3. The number of hydrogen-bond donors (Lipinski definition) is 0. The number of nitrogens with zero attached hydrogens (tertiary/aromatic N) is 4. The van der Waals surface area contributed by atoms with E-state index in [-0.39, 0.29) is 0 Å². The zero-order valence-electron chi connectivity index (χ0n) is 19.1. The summed E-state index contributed by atoms with van der Waals surface area (Å²) in [5, 5.41) is 1.15. The molecule has 2 heterocycles. The monoisotopic (exact) mass is 486 g/mol. The molecule has 2 aliphatic heterocycles. The van der Waals surface area contributed by atoms with Crippen LogP contribution in [0.15, 0.2) is 42.5 Å². The van der Waals surface area contributed by atoms with Crippen LogP contribution < -0.4 is 4.90 Å². The van der Waals surface area contributed by atoms with Crippen molar-refractivity contribution < 1.29 is 4.79 Å². The van der Waals surface area contributed by atoms with Gasteiger partial charge in [-0.05, 0) is 48.2 Å². The second-order valence-electron chi connectivity index (χ2n) is 9.44. The van der Waals surface area contributed by atoms with Crippen LogP contribution in [0.2, 0.25) is 10.0 Å². The quantitative estimate of drug-likeness (QED) is 0.623. The van der Waals surface area contributed by atoms with Crippen molar-refractivity contribution in [1.82, 2.24) is 14.7 Å². The third kappa shape index (κ3) is 5.32. The van der Waals surface area contributed by atoms with Gasteiger partial charge in [-0.3, -0.25) is 14.6 Å². The number of halogens is 2. The Morgan fingerprint density at radius 3 is 2.06 bits per heavy atom. The largest absolute Gasteiger partial charge is 0.369 e. The summed E-state index contributed by atoms with van der Waals surface area (Å²) in [5.74, 6) is 0.294.